The van der Waals surface area contributed by atoms with E-state index in [0.29, 0.717) is 10.3 Å². The van der Waals surface area contributed by atoms with Crippen molar-refractivity contribution in [1.82, 2.24) is 20.2 Å². The van der Waals surface area contributed by atoms with Crippen molar-refractivity contribution in [3.63, 3.8) is 0 Å². The van der Waals surface area contributed by atoms with Crippen molar-refractivity contribution in [3.05, 3.63) is 26.6 Å². The third-order valence-electron chi connectivity index (χ3n) is 3.97. The van der Waals surface area contributed by atoms with E-state index in [9.17, 15) is 9.59 Å². The molecule has 0 fully saturated rings. The standard InChI is InChI=1S/C16H21N5O2S2/c1-2-3-8-13-20-21-16(25-13)18-12(22)9-24-15-17-11-7-5-4-6-10(11)14(23)19-15/h2-9H2,1H3,(H,17,19,23)(H,18,21,22). The van der Waals surface area contributed by atoms with Crippen LogP contribution in [0.1, 0.15) is 48.9 Å². The van der Waals surface area contributed by atoms with Gasteiger partial charge in [-0.3, -0.25) is 14.9 Å². The predicted octanol–water partition coefficient (Wildman–Crippen LogP) is 2.57. The minimum absolute atomic E-state index is 0.0719. The molecule has 1 aliphatic rings. The second-order valence-electron chi connectivity index (χ2n) is 5.94. The van der Waals surface area contributed by atoms with Gasteiger partial charge in [-0.15, -0.1) is 10.2 Å². The summed E-state index contributed by atoms with van der Waals surface area (Å²) in [6, 6.07) is 0. The molecule has 0 aliphatic heterocycles. The molecular weight excluding hydrogens is 358 g/mol. The molecule has 0 unspecified atom stereocenters. The Morgan fingerprint density at radius 3 is 3.00 bits per heavy atom. The maximum absolute atomic E-state index is 12.1. The third kappa shape index (κ3) is 4.88. The van der Waals surface area contributed by atoms with E-state index < -0.39 is 0 Å². The second kappa shape index (κ2) is 8.57. The molecule has 3 rings (SSSR count). The van der Waals surface area contributed by atoms with Gasteiger partial charge in [-0.25, -0.2) is 4.98 Å². The number of carbonyl (C=O) groups is 1. The van der Waals surface area contributed by atoms with E-state index >= 15 is 0 Å². The number of fused-ring (bicyclic) bond motifs is 1. The van der Waals surface area contributed by atoms with Crippen LogP contribution in [0.3, 0.4) is 0 Å². The normalized spacial score (nSPS) is 13.5. The van der Waals surface area contributed by atoms with Gasteiger partial charge in [0.05, 0.1) is 11.4 Å². The maximum atomic E-state index is 12.1. The molecule has 134 valence electrons. The average molecular weight is 380 g/mol. The fourth-order valence-corrected chi connectivity index (χ4v) is 4.15. The van der Waals surface area contributed by atoms with E-state index in [1.165, 1.54) is 23.1 Å². The fraction of sp³-hybridized carbons (Fsp3) is 0.562. The molecule has 9 heteroatoms. The number of thioether (sulfide) groups is 1. The number of nitrogens with zero attached hydrogens (tertiary/aromatic N) is 3. The lowest BCUT2D eigenvalue weighted by atomic mass is 9.97. The van der Waals surface area contributed by atoms with Crippen LogP contribution in [-0.2, 0) is 24.1 Å². The minimum atomic E-state index is -0.177. The number of hydrogen-bond donors (Lipinski definition) is 2. The van der Waals surface area contributed by atoms with Gasteiger partial charge >= 0.3 is 0 Å². The zero-order chi connectivity index (χ0) is 17.6. The van der Waals surface area contributed by atoms with E-state index in [4.69, 9.17) is 0 Å². The van der Waals surface area contributed by atoms with Gasteiger partial charge in [0.25, 0.3) is 5.56 Å². The Labute approximate surface area is 154 Å². The molecule has 2 aromatic rings. The molecular formula is C16H21N5O2S2. The molecule has 0 atom stereocenters. The van der Waals surface area contributed by atoms with Gasteiger partial charge in [0, 0.05) is 12.0 Å². The van der Waals surface area contributed by atoms with Crippen LogP contribution in [0.25, 0.3) is 0 Å². The van der Waals surface area contributed by atoms with Crippen LogP contribution < -0.4 is 10.9 Å². The highest BCUT2D eigenvalue weighted by atomic mass is 32.2. The zero-order valence-electron chi connectivity index (χ0n) is 14.1. The summed E-state index contributed by atoms with van der Waals surface area (Å²) >= 11 is 2.64. The number of aryl methyl sites for hydroxylation is 2. The van der Waals surface area contributed by atoms with Crippen molar-refractivity contribution in [2.45, 2.75) is 57.0 Å². The van der Waals surface area contributed by atoms with Gasteiger partial charge in [-0.05, 0) is 32.1 Å². The van der Waals surface area contributed by atoms with Crippen LogP contribution in [0.15, 0.2) is 9.95 Å². The zero-order valence-corrected chi connectivity index (χ0v) is 15.8. The quantitative estimate of drug-likeness (QED) is 0.566. The molecule has 1 aliphatic carbocycles. The Kier molecular flexibility index (Phi) is 6.19. The Balaban J connectivity index is 1.54. The second-order valence-corrected chi connectivity index (χ2v) is 7.97. The van der Waals surface area contributed by atoms with E-state index in [2.05, 4.69) is 32.4 Å². The van der Waals surface area contributed by atoms with Crippen molar-refractivity contribution in [1.29, 1.82) is 0 Å². The molecule has 7 nitrogen and oxygen atoms in total. The molecule has 0 bridgehead atoms. The highest BCUT2D eigenvalue weighted by molar-refractivity contribution is 7.99. The highest BCUT2D eigenvalue weighted by Crippen LogP contribution is 2.20. The van der Waals surface area contributed by atoms with Crippen LogP contribution in [0.4, 0.5) is 5.13 Å². The summed E-state index contributed by atoms with van der Waals surface area (Å²) in [5, 5.41) is 12.8. The average Bonchev–Trinajstić information content (AvgIpc) is 3.05. The third-order valence-corrected chi connectivity index (χ3v) is 5.74. The van der Waals surface area contributed by atoms with Crippen molar-refractivity contribution in [2.75, 3.05) is 11.1 Å². The number of nitrogens with one attached hydrogen (secondary N) is 2. The molecule has 0 spiro atoms. The highest BCUT2D eigenvalue weighted by Gasteiger charge is 2.16. The lowest BCUT2D eigenvalue weighted by Crippen LogP contribution is -2.22. The smallest absolute Gasteiger partial charge is 0.254 e. The molecule has 0 aromatic carbocycles. The number of aromatic amines is 1. The summed E-state index contributed by atoms with van der Waals surface area (Å²) < 4.78 is 0. The van der Waals surface area contributed by atoms with Crippen LogP contribution in [0.5, 0.6) is 0 Å². The van der Waals surface area contributed by atoms with Gasteiger partial charge in [0.1, 0.15) is 5.01 Å². The first-order valence-electron chi connectivity index (χ1n) is 8.53. The van der Waals surface area contributed by atoms with Crippen LogP contribution in [0, 0.1) is 0 Å². The molecule has 2 N–H and O–H groups in total. The number of carbonyl (C=O) groups excluding carboxylic acids is 1. The summed E-state index contributed by atoms with van der Waals surface area (Å²) in [6.07, 6.45) is 6.78. The number of anilines is 1. The topological polar surface area (TPSA) is 101 Å². The number of rotatable bonds is 7. The molecule has 2 aromatic heterocycles. The monoisotopic (exact) mass is 379 g/mol. The van der Waals surface area contributed by atoms with Gasteiger partial charge < -0.3 is 4.98 Å². The Hall–Kier alpha value is -1.74. The fourth-order valence-electron chi connectivity index (χ4n) is 2.67. The van der Waals surface area contributed by atoms with Crippen LogP contribution in [0.2, 0.25) is 0 Å². The largest absolute Gasteiger partial charge is 0.301 e. The van der Waals surface area contributed by atoms with E-state index in [0.717, 1.165) is 61.2 Å². The molecule has 0 saturated heterocycles. The van der Waals surface area contributed by atoms with Crippen molar-refractivity contribution in [3.8, 4) is 0 Å². The first-order valence-corrected chi connectivity index (χ1v) is 10.3. The van der Waals surface area contributed by atoms with E-state index in [-0.39, 0.29) is 17.2 Å². The molecule has 2 heterocycles. The number of amides is 1. The van der Waals surface area contributed by atoms with E-state index in [1.807, 2.05) is 0 Å². The summed E-state index contributed by atoms with van der Waals surface area (Å²) in [6.45, 7) is 2.13. The summed E-state index contributed by atoms with van der Waals surface area (Å²) in [4.78, 5) is 31.4. The molecule has 1 amide bonds. The Morgan fingerprint density at radius 1 is 1.32 bits per heavy atom. The summed E-state index contributed by atoms with van der Waals surface area (Å²) in [5.74, 6) is -0.00504. The molecule has 0 radical (unpaired) electrons. The number of hydrogen-bond acceptors (Lipinski definition) is 7. The first-order chi connectivity index (χ1) is 12.2. The number of aromatic nitrogens is 4. The Bertz CT molecular complexity index is 802. The van der Waals surface area contributed by atoms with Gasteiger partial charge in [-0.2, -0.15) is 0 Å². The van der Waals surface area contributed by atoms with Crippen molar-refractivity contribution < 1.29 is 4.79 Å². The SMILES string of the molecule is CCCCc1nnc(NC(=O)CSc2nc3c(c(=O)[nH]2)CCCC3)s1. The van der Waals surface area contributed by atoms with Crippen LogP contribution in [-0.4, -0.2) is 31.8 Å². The summed E-state index contributed by atoms with van der Waals surface area (Å²) in [5.41, 5.74) is 1.61. The van der Waals surface area contributed by atoms with Gasteiger partial charge in [-0.1, -0.05) is 36.4 Å². The van der Waals surface area contributed by atoms with Crippen LogP contribution >= 0.6 is 23.1 Å². The van der Waals surface area contributed by atoms with E-state index in [1.54, 1.807) is 0 Å². The lowest BCUT2D eigenvalue weighted by Gasteiger charge is -2.14. The lowest BCUT2D eigenvalue weighted by molar-refractivity contribution is -0.113. The van der Waals surface area contributed by atoms with Crippen molar-refractivity contribution >= 4 is 34.1 Å². The first kappa shape index (κ1) is 18.1. The van der Waals surface area contributed by atoms with Gasteiger partial charge in [0.15, 0.2) is 5.16 Å². The van der Waals surface area contributed by atoms with Gasteiger partial charge in [0.2, 0.25) is 11.0 Å². The number of H-pyrrole nitrogens is 1. The summed E-state index contributed by atoms with van der Waals surface area (Å²) in [7, 11) is 0. The maximum Gasteiger partial charge on any atom is 0.254 e. The predicted molar refractivity (Wildman–Crippen MR) is 99.4 cm³/mol. The molecule has 25 heavy (non-hydrogen) atoms. The number of unbranched alkanes of at least 4 members (excludes halogenated alkanes) is 1. The Morgan fingerprint density at radius 2 is 2.16 bits per heavy atom. The van der Waals surface area contributed by atoms with Crippen molar-refractivity contribution in [2.24, 2.45) is 0 Å². The molecule has 0 saturated carbocycles. The minimum Gasteiger partial charge on any atom is -0.301 e.